The van der Waals surface area contributed by atoms with E-state index in [0.29, 0.717) is 16.9 Å². The number of aromatic nitrogens is 3. The Balaban J connectivity index is 1.55. The fourth-order valence-corrected chi connectivity index (χ4v) is 5.28. The third kappa shape index (κ3) is 6.98. The number of carbonyl (C=O) groups is 1. The lowest BCUT2D eigenvalue weighted by Gasteiger charge is -2.33. The highest BCUT2D eigenvalue weighted by Crippen LogP contribution is 2.54. The highest BCUT2D eigenvalue weighted by atomic mass is 19.3. The number of imidazole rings is 1. The molecule has 2 aromatic heterocycles. The molecule has 0 aromatic carbocycles. The molecular weight excluding hydrogens is 520 g/mol. The standard InChI is InChI=1S/C26H38F4N6O3/c1-24(2,3)39-23(37)35-22(15-5-7-25(27,28)8-6-15)19-13-36-21(34-19)9-16(11-33-36)20(14-38-4)32-12-18-17(10-31)26(18,29)30/h9,11,13,15,17-18,20,22,32H,5-8,10,12,14,31H2,1-4H3,(H,35,37)/t17-,18+,20+,22-/m0/s1. The number of amides is 1. The van der Waals surface area contributed by atoms with Gasteiger partial charge < -0.3 is 25.8 Å². The van der Waals surface area contributed by atoms with Crippen LogP contribution in [0.4, 0.5) is 22.4 Å². The second kappa shape index (κ2) is 11.2. The van der Waals surface area contributed by atoms with Gasteiger partial charge in [-0.3, -0.25) is 0 Å². The van der Waals surface area contributed by atoms with Gasteiger partial charge in [0.05, 0.1) is 36.8 Å². The molecule has 0 radical (unpaired) electrons. The lowest BCUT2D eigenvalue weighted by Crippen LogP contribution is -2.40. The maximum atomic E-state index is 13.9. The molecule has 0 saturated heterocycles. The maximum absolute atomic E-state index is 13.9. The number of nitrogens with two attached hydrogens (primary N) is 1. The molecule has 13 heteroatoms. The molecule has 39 heavy (non-hydrogen) atoms. The van der Waals surface area contributed by atoms with E-state index in [4.69, 9.17) is 15.2 Å². The van der Waals surface area contributed by atoms with E-state index in [2.05, 4.69) is 20.7 Å². The SMILES string of the molecule is COC[C@@H](NC[C@@H]1[C@H](CN)C1(F)F)c1cnn2cc([C@@H](NC(=O)OC(C)(C)C)C3CCC(F)(F)CC3)nc2c1. The quantitative estimate of drug-likeness (QED) is 0.374. The van der Waals surface area contributed by atoms with Gasteiger partial charge in [0.1, 0.15) is 5.60 Å². The fraction of sp³-hybridized carbons (Fsp3) is 0.731. The zero-order chi connectivity index (χ0) is 28.6. The molecule has 4 atom stereocenters. The van der Waals surface area contributed by atoms with Crippen molar-refractivity contribution in [3.05, 3.63) is 29.7 Å². The summed E-state index contributed by atoms with van der Waals surface area (Å²) in [5.74, 6) is -7.43. The lowest BCUT2D eigenvalue weighted by molar-refractivity contribution is -0.0500. The molecule has 0 spiro atoms. The highest BCUT2D eigenvalue weighted by molar-refractivity contribution is 5.68. The van der Waals surface area contributed by atoms with Crippen molar-refractivity contribution in [3.8, 4) is 0 Å². The number of alkyl carbamates (subject to hydrolysis) is 1. The zero-order valence-corrected chi connectivity index (χ0v) is 22.7. The van der Waals surface area contributed by atoms with Gasteiger partial charge in [0, 0.05) is 44.9 Å². The van der Waals surface area contributed by atoms with Crippen molar-refractivity contribution in [2.24, 2.45) is 23.5 Å². The van der Waals surface area contributed by atoms with Crippen LogP contribution in [-0.4, -0.2) is 64.9 Å². The van der Waals surface area contributed by atoms with Gasteiger partial charge in [0.25, 0.3) is 5.92 Å². The average molecular weight is 559 g/mol. The number of halogens is 4. The van der Waals surface area contributed by atoms with E-state index in [1.807, 2.05) is 0 Å². The van der Waals surface area contributed by atoms with Gasteiger partial charge in [0.2, 0.25) is 5.92 Å². The minimum Gasteiger partial charge on any atom is -0.444 e. The van der Waals surface area contributed by atoms with Crippen molar-refractivity contribution in [2.75, 3.05) is 26.8 Å². The Morgan fingerprint density at radius 3 is 2.51 bits per heavy atom. The number of nitrogens with one attached hydrogen (secondary N) is 2. The molecule has 0 aliphatic heterocycles. The van der Waals surface area contributed by atoms with Gasteiger partial charge in [0.15, 0.2) is 5.65 Å². The summed E-state index contributed by atoms with van der Waals surface area (Å²) in [5, 5.41) is 10.4. The lowest BCUT2D eigenvalue weighted by atomic mass is 9.81. The summed E-state index contributed by atoms with van der Waals surface area (Å²) in [6.45, 7) is 5.44. The Labute approximate surface area is 225 Å². The molecule has 2 aliphatic carbocycles. The van der Waals surface area contributed by atoms with Crippen LogP contribution in [0.3, 0.4) is 0 Å². The average Bonchev–Trinajstić information content (AvgIpc) is 3.15. The van der Waals surface area contributed by atoms with Crippen LogP contribution < -0.4 is 16.4 Å². The molecule has 9 nitrogen and oxygen atoms in total. The molecule has 1 amide bonds. The van der Waals surface area contributed by atoms with Gasteiger partial charge >= 0.3 is 6.09 Å². The molecule has 0 unspecified atom stereocenters. The Morgan fingerprint density at radius 1 is 1.23 bits per heavy atom. The van der Waals surface area contributed by atoms with Crippen molar-refractivity contribution < 1.29 is 31.8 Å². The zero-order valence-electron chi connectivity index (χ0n) is 22.7. The van der Waals surface area contributed by atoms with Crippen LogP contribution in [0.25, 0.3) is 5.65 Å². The van der Waals surface area contributed by atoms with E-state index in [-0.39, 0.29) is 51.3 Å². The molecule has 2 fully saturated rings. The smallest absolute Gasteiger partial charge is 0.408 e. The van der Waals surface area contributed by atoms with E-state index >= 15 is 0 Å². The monoisotopic (exact) mass is 558 g/mol. The number of rotatable bonds is 10. The Kier molecular flexibility index (Phi) is 8.44. The second-order valence-corrected chi connectivity index (χ2v) is 11.6. The molecule has 2 aliphatic rings. The van der Waals surface area contributed by atoms with Gasteiger partial charge in [-0.05, 0) is 51.2 Å². The predicted octanol–water partition coefficient (Wildman–Crippen LogP) is 4.24. The maximum Gasteiger partial charge on any atom is 0.408 e. The molecule has 2 saturated carbocycles. The summed E-state index contributed by atoms with van der Waals surface area (Å²) in [7, 11) is 1.52. The predicted molar refractivity (Wildman–Crippen MR) is 136 cm³/mol. The number of ether oxygens (including phenoxy) is 2. The molecule has 218 valence electrons. The van der Waals surface area contributed by atoms with Crippen LogP contribution in [0.5, 0.6) is 0 Å². The summed E-state index contributed by atoms with van der Waals surface area (Å²) in [6.07, 6.45) is 2.49. The summed E-state index contributed by atoms with van der Waals surface area (Å²) in [5.41, 5.74) is 6.35. The topological polar surface area (TPSA) is 116 Å². The van der Waals surface area contributed by atoms with E-state index in [0.717, 1.165) is 0 Å². The number of methoxy groups -OCH3 is 1. The number of fused-ring (bicyclic) bond motifs is 1. The van der Waals surface area contributed by atoms with Gasteiger partial charge in [-0.2, -0.15) is 5.10 Å². The Hall–Kier alpha value is -2.51. The van der Waals surface area contributed by atoms with Crippen LogP contribution in [0.2, 0.25) is 0 Å². The van der Waals surface area contributed by atoms with Crippen LogP contribution >= 0.6 is 0 Å². The fourth-order valence-electron chi connectivity index (χ4n) is 5.28. The van der Waals surface area contributed by atoms with Crippen LogP contribution in [0.1, 0.15) is 69.8 Å². The van der Waals surface area contributed by atoms with Gasteiger partial charge in [-0.25, -0.2) is 31.9 Å². The summed E-state index contributed by atoms with van der Waals surface area (Å²) in [4.78, 5) is 17.3. The second-order valence-electron chi connectivity index (χ2n) is 11.6. The van der Waals surface area contributed by atoms with Gasteiger partial charge in [-0.15, -0.1) is 0 Å². The molecule has 0 bridgehead atoms. The first-order chi connectivity index (χ1) is 18.2. The minimum absolute atomic E-state index is 0.0714. The molecule has 2 heterocycles. The van der Waals surface area contributed by atoms with Crippen LogP contribution in [0, 0.1) is 17.8 Å². The Bertz CT molecular complexity index is 1140. The first kappa shape index (κ1) is 29.5. The molecule has 4 N–H and O–H groups in total. The highest BCUT2D eigenvalue weighted by Gasteiger charge is 2.66. The number of hydrogen-bond donors (Lipinski definition) is 3. The summed E-state index contributed by atoms with van der Waals surface area (Å²) < 4.78 is 67.8. The van der Waals surface area contributed by atoms with Crippen molar-refractivity contribution in [1.82, 2.24) is 25.2 Å². The van der Waals surface area contributed by atoms with Crippen LogP contribution in [0.15, 0.2) is 18.5 Å². The normalized spacial score (nSPS) is 24.3. The number of alkyl halides is 4. The van der Waals surface area contributed by atoms with E-state index in [1.165, 1.54) is 11.6 Å². The van der Waals surface area contributed by atoms with E-state index in [1.54, 1.807) is 39.2 Å². The summed E-state index contributed by atoms with van der Waals surface area (Å²) in [6, 6.07) is 0.691. The van der Waals surface area contributed by atoms with Crippen molar-refractivity contribution in [2.45, 2.75) is 76.0 Å². The van der Waals surface area contributed by atoms with Gasteiger partial charge in [-0.1, -0.05) is 0 Å². The number of hydrogen-bond acceptors (Lipinski definition) is 7. The van der Waals surface area contributed by atoms with Crippen molar-refractivity contribution >= 4 is 11.7 Å². The largest absolute Gasteiger partial charge is 0.444 e. The Morgan fingerprint density at radius 2 is 1.92 bits per heavy atom. The minimum atomic E-state index is -2.78. The first-order valence-corrected chi connectivity index (χ1v) is 13.3. The number of carbonyl (C=O) groups excluding carboxylic acids is 1. The molecule has 4 rings (SSSR count). The summed E-state index contributed by atoms with van der Waals surface area (Å²) >= 11 is 0. The molecular formula is C26H38F4N6O3. The van der Waals surface area contributed by atoms with E-state index < -0.39 is 47.5 Å². The van der Waals surface area contributed by atoms with Crippen molar-refractivity contribution in [3.63, 3.8) is 0 Å². The van der Waals surface area contributed by atoms with Crippen molar-refractivity contribution in [1.29, 1.82) is 0 Å². The first-order valence-electron chi connectivity index (χ1n) is 13.3. The molecule has 2 aromatic rings. The van der Waals surface area contributed by atoms with E-state index in [9.17, 15) is 22.4 Å². The third-order valence-corrected chi connectivity index (χ3v) is 7.52. The number of nitrogens with zero attached hydrogens (tertiary/aromatic N) is 3. The third-order valence-electron chi connectivity index (χ3n) is 7.52. The van der Waals surface area contributed by atoms with Crippen LogP contribution in [-0.2, 0) is 9.47 Å².